The predicted molar refractivity (Wildman–Crippen MR) is 67.0 cm³/mol. The lowest BCUT2D eigenvalue weighted by Gasteiger charge is -2.05. The largest absolute Gasteiger partial charge is 0.319 e. The van der Waals surface area contributed by atoms with E-state index < -0.39 is 11.7 Å². The van der Waals surface area contributed by atoms with E-state index in [9.17, 15) is 9.18 Å². The molecule has 5 heteroatoms. The fourth-order valence-corrected chi connectivity index (χ4v) is 1.72. The Bertz CT molecular complexity index is 577. The van der Waals surface area contributed by atoms with Crippen LogP contribution in [0.2, 0.25) is 0 Å². The molecular formula is C13H14FN3O. The van der Waals surface area contributed by atoms with E-state index >= 15 is 0 Å². The van der Waals surface area contributed by atoms with E-state index in [1.165, 1.54) is 12.1 Å². The van der Waals surface area contributed by atoms with E-state index in [0.29, 0.717) is 5.69 Å². The molecule has 0 atom stereocenters. The van der Waals surface area contributed by atoms with Crippen LogP contribution < -0.4 is 5.32 Å². The average molecular weight is 247 g/mol. The van der Waals surface area contributed by atoms with E-state index in [1.54, 1.807) is 23.0 Å². The number of benzene rings is 1. The van der Waals surface area contributed by atoms with Gasteiger partial charge in [-0.15, -0.1) is 0 Å². The molecule has 1 heterocycles. The number of carbonyl (C=O) groups is 1. The molecular weight excluding hydrogens is 233 g/mol. The number of anilines is 1. The molecule has 0 aliphatic rings. The number of nitrogens with one attached hydrogen (secondary N) is 1. The van der Waals surface area contributed by atoms with E-state index in [4.69, 9.17) is 0 Å². The molecule has 0 radical (unpaired) electrons. The molecule has 0 fully saturated rings. The second-order valence-corrected chi connectivity index (χ2v) is 3.89. The molecule has 0 aliphatic carbocycles. The van der Waals surface area contributed by atoms with Gasteiger partial charge in [0.25, 0.3) is 5.91 Å². The zero-order valence-electron chi connectivity index (χ0n) is 10.3. The number of aromatic nitrogens is 2. The van der Waals surface area contributed by atoms with Gasteiger partial charge >= 0.3 is 0 Å². The second kappa shape index (κ2) is 5.00. The van der Waals surface area contributed by atoms with E-state index in [0.717, 1.165) is 12.2 Å². The first-order valence-electron chi connectivity index (χ1n) is 5.71. The Hall–Kier alpha value is -2.17. The molecule has 0 saturated heterocycles. The fourth-order valence-electron chi connectivity index (χ4n) is 1.72. The van der Waals surface area contributed by atoms with Crippen LogP contribution in [0.1, 0.15) is 23.0 Å². The van der Waals surface area contributed by atoms with Crippen molar-refractivity contribution in [3.63, 3.8) is 0 Å². The summed E-state index contributed by atoms with van der Waals surface area (Å²) in [6.45, 7) is 4.54. The Morgan fingerprint density at radius 3 is 2.78 bits per heavy atom. The summed E-state index contributed by atoms with van der Waals surface area (Å²) in [6, 6.07) is 5.88. The first-order chi connectivity index (χ1) is 8.63. The van der Waals surface area contributed by atoms with Crippen LogP contribution in [0.25, 0.3) is 0 Å². The van der Waals surface area contributed by atoms with Gasteiger partial charge in [-0.1, -0.05) is 12.1 Å². The van der Waals surface area contributed by atoms with E-state index in [2.05, 4.69) is 10.4 Å². The van der Waals surface area contributed by atoms with Crippen molar-refractivity contribution in [2.75, 3.05) is 5.32 Å². The van der Waals surface area contributed by atoms with E-state index in [-0.39, 0.29) is 5.56 Å². The van der Waals surface area contributed by atoms with Gasteiger partial charge in [0.15, 0.2) is 0 Å². The van der Waals surface area contributed by atoms with Gasteiger partial charge in [0.1, 0.15) is 5.82 Å². The van der Waals surface area contributed by atoms with Gasteiger partial charge in [-0.25, -0.2) is 4.39 Å². The highest BCUT2D eigenvalue weighted by Crippen LogP contribution is 2.15. The number of hydrogen-bond acceptors (Lipinski definition) is 2. The van der Waals surface area contributed by atoms with Crippen molar-refractivity contribution in [2.45, 2.75) is 20.4 Å². The van der Waals surface area contributed by atoms with Gasteiger partial charge in [0.05, 0.1) is 23.1 Å². The lowest BCUT2D eigenvalue weighted by atomic mass is 10.2. The van der Waals surface area contributed by atoms with Crippen LogP contribution in [0.15, 0.2) is 30.5 Å². The van der Waals surface area contributed by atoms with Crippen LogP contribution in [-0.2, 0) is 6.54 Å². The smallest absolute Gasteiger partial charge is 0.258 e. The van der Waals surface area contributed by atoms with Crippen molar-refractivity contribution in [3.8, 4) is 0 Å². The van der Waals surface area contributed by atoms with Crippen molar-refractivity contribution in [1.82, 2.24) is 9.78 Å². The van der Waals surface area contributed by atoms with Crippen LogP contribution in [-0.4, -0.2) is 15.7 Å². The van der Waals surface area contributed by atoms with Gasteiger partial charge in [-0.05, 0) is 26.0 Å². The zero-order valence-corrected chi connectivity index (χ0v) is 10.3. The molecule has 0 bridgehead atoms. The summed E-state index contributed by atoms with van der Waals surface area (Å²) in [5.41, 5.74) is 1.48. The van der Waals surface area contributed by atoms with Gasteiger partial charge in [-0.2, -0.15) is 5.10 Å². The highest BCUT2D eigenvalue weighted by atomic mass is 19.1. The Morgan fingerprint density at radius 1 is 1.44 bits per heavy atom. The SMILES string of the molecule is CCn1ncc(NC(=O)c2ccccc2F)c1C. The Labute approximate surface area is 104 Å². The summed E-state index contributed by atoms with van der Waals surface area (Å²) in [5.74, 6) is -0.998. The molecule has 4 nitrogen and oxygen atoms in total. The minimum absolute atomic E-state index is 0.0288. The molecule has 1 aromatic carbocycles. The van der Waals surface area contributed by atoms with Crippen LogP contribution in [0.5, 0.6) is 0 Å². The normalized spacial score (nSPS) is 10.4. The van der Waals surface area contributed by atoms with Gasteiger partial charge in [-0.3, -0.25) is 9.48 Å². The fraction of sp³-hybridized carbons (Fsp3) is 0.231. The molecule has 2 aromatic rings. The van der Waals surface area contributed by atoms with E-state index in [1.807, 2.05) is 13.8 Å². The molecule has 18 heavy (non-hydrogen) atoms. The maximum Gasteiger partial charge on any atom is 0.258 e. The maximum absolute atomic E-state index is 13.4. The number of aryl methyl sites for hydroxylation is 1. The van der Waals surface area contributed by atoms with Crippen LogP contribution >= 0.6 is 0 Å². The van der Waals surface area contributed by atoms with Gasteiger partial charge < -0.3 is 5.32 Å². The summed E-state index contributed by atoms with van der Waals surface area (Å²) in [7, 11) is 0. The van der Waals surface area contributed by atoms with Crippen LogP contribution in [0.3, 0.4) is 0 Å². The molecule has 0 aliphatic heterocycles. The summed E-state index contributed by atoms with van der Waals surface area (Å²) in [6.07, 6.45) is 1.57. The highest BCUT2D eigenvalue weighted by Gasteiger charge is 2.13. The third-order valence-corrected chi connectivity index (χ3v) is 2.77. The number of halogens is 1. The number of rotatable bonds is 3. The molecule has 1 aromatic heterocycles. The Morgan fingerprint density at radius 2 is 2.17 bits per heavy atom. The van der Waals surface area contributed by atoms with Gasteiger partial charge in [0, 0.05) is 6.54 Å². The highest BCUT2D eigenvalue weighted by molar-refractivity contribution is 6.04. The van der Waals surface area contributed by atoms with Crippen molar-refractivity contribution in [2.24, 2.45) is 0 Å². The van der Waals surface area contributed by atoms with Crippen molar-refractivity contribution < 1.29 is 9.18 Å². The molecule has 0 saturated carbocycles. The lowest BCUT2D eigenvalue weighted by molar-refractivity contribution is 0.102. The maximum atomic E-state index is 13.4. The second-order valence-electron chi connectivity index (χ2n) is 3.89. The van der Waals surface area contributed by atoms with Crippen LogP contribution in [0, 0.1) is 12.7 Å². The minimum Gasteiger partial charge on any atom is -0.319 e. The third kappa shape index (κ3) is 2.25. The van der Waals surface area contributed by atoms with Crippen molar-refractivity contribution in [1.29, 1.82) is 0 Å². The topological polar surface area (TPSA) is 46.9 Å². The number of nitrogens with zero attached hydrogens (tertiary/aromatic N) is 2. The number of carbonyl (C=O) groups excluding carboxylic acids is 1. The van der Waals surface area contributed by atoms with Crippen molar-refractivity contribution >= 4 is 11.6 Å². The predicted octanol–water partition coefficient (Wildman–Crippen LogP) is 2.60. The third-order valence-electron chi connectivity index (χ3n) is 2.77. The quantitative estimate of drug-likeness (QED) is 0.906. The summed E-state index contributed by atoms with van der Waals surface area (Å²) >= 11 is 0. The molecule has 94 valence electrons. The zero-order chi connectivity index (χ0) is 13.1. The monoisotopic (exact) mass is 247 g/mol. The average Bonchev–Trinajstić information content (AvgIpc) is 2.71. The Kier molecular flexibility index (Phi) is 3.41. The first-order valence-corrected chi connectivity index (χ1v) is 5.71. The van der Waals surface area contributed by atoms with Crippen LogP contribution in [0.4, 0.5) is 10.1 Å². The molecule has 2 rings (SSSR count). The molecule has 1 N–H and O–H groups in total. The summed E-state index contributed by atoms with van der Waals surface area (Å²) in [5, 5.41) is 6.77. The summed E-state index contributed by atoms with van der Waals surface area (Å²) < 4.78 is 15.2. The van der Waals surface area contributed by atoms with Gasteiger partial charge in [0.2, 0.25) is 0 Å². The number of amides is 1. The first kappa shape index (κ1) is 12.3. The van der Waals surface area contributed by atoms with Crippen molar-refractivity contribution in [3.05, 3.63) is 47.5 Å². The molecule has 0 spiro atoms. The molecule has 0 unspecified atom stereocenters. The lowest BCUT2D eigenvalue weighted by Crippen LogP contribution is -2.14. The molecule has 1 amide bonds. The standard InChI is InChI=1S/C13H14FN3O/c1-3-17-9(2)12(8-15-17)16-13(18)10-6-4-5-7-11(10)14/h4-8H,3H2,1-2H3,(H,16,18). The Balaban J connectivity index is 2.22. The summed E-state index contributed by atoms with van der Waals surface area (Å²) in [4.78, 5) is 11.9. The number of hydrogen-bond donors (Lipinski definition) is 1. The minimum atomic E-state index is -0.532.